The van der Waals surface area contributed by atoms with Crippen LogP contribution in [0.25, 0.3) is 11.1 Å². The van der Waals surface area contributed by atoms with Gasteiger partial charge < -0.3 is 9.32 Å². The molecular weight excluding hydrogens is 304 g/mol. The predicted molar refractivity (Wildman–Crippen MR) is 85.1 cm³/mol. The van der Waals surface area contributed by atoms with E-state index in [1.807, 2.05) is 4.90 Å². The van der Waals surface area contributed by atoms with E-state index >= 15 is 0 Å². The molecule has 1 aromatic carbocycles. The van der Waals surface area contributed by atoms with Gasteiger partial charge in [0.05, 0.1) is 5.52 Å². The molecule has 0 aliphatic carbocycles. The Bertz CT molecular complexity index is 749. The van der Waals surface area contributed by atoms with Gasteiger partial charge in [0.25, 0.3) is 0 Å². The highest BCUT2D eigenvalue weighted by molar-refractivity contribution is 6.31. The predicted octanol–water partition coefficient (Wildman–Crippen LogP) is 3.04. The second-order valence-electron chi connectivity index (χ2n) is 5.81. The third-order valence-corrected chi connectivity index (χ3v) is 4.54. The summed E-state index contributed by atoms with van der Waals surface area (Å²) in [5, 5.41) is 0.540. The number of halogens is 1. The molecule has 1 aliphatic rings. The number of fused-ring (bicyclic) bond motifs is 1. The number of oxazole rings is 1. The SMILES string of the molecule is CC1CCCCN1C(=O)CCn1c(=O)oc2ccc(Cl)cc21. The summed E-state index contributed by atoms with van der Waals surface area (Å²) in [6, 6.07) is 5.32. The van der Waals surface area contributed by atoms with E-state index in [2.05, 4.69) is 6.92 Å². The summed E-state index contributed by atoms with van der Waals surface area (Å²) in [7, 11) is 0. The van der Waals surface area contributed by atoms with Crippen LogP contribution in [0.2, 0.25) is 5.02 Å². The summed E-state index contributed by atoms with van der Waals surface area (Å²) < 4.78 is 6.66. The number of likely N-dealkylation sites (tertiary alicyclic amines) is 1. The van der Waals surface area contributed by atoms with Gasteiger partial charge in [0, 0.05) is 30.6 Å². The number of hydrogen-bond acceptors (Lipinski definition) is 3. The van der Waals surface area contributed by atoms with Gasteiger partial charge in [0.2, 0.25) is 5.91 Å². The topological polar surface area (TPSA) is 55.5 Å². The molecule has 2 aromatic rings. The van der Waals surface area contributed by atoms with Crippen LogP contribution >= 0.6 is 11.6 Å². The van der Waals surface area contributed by atoms with Crippen molar-refractivity contribution in [1.29, 1.82) is 0 Å². The van der Waals surface area contributed by atoms with E-state index in [0.29, 0.717) is 29.1 Å². The number of aromatic nitrogens is 1. The highest BCUT2D eigenvalue weighted by Crippen LogP contribution is 2.20. The van der Waals surface area contributed by atoms with Crippen LogP contribution in [-0.4, -0.2) is 28.0 Å². The first kappa shape index (κ1) is 15.2. The van der Waals surface area contributed by atoms with Crippen LogP contribution in [0.5, 0.6) is 0 Å². The Morgan fingerprint density at radius 3 is 3.00 bits per heavy atom. The van der Waals surface area contributed by atoms with Crippen molar-refractivity contribution >= 4 is 28.6 Å². The van der Waals surface area contributed by atoms with Crippen molar-refractivity contribution in [3.63, 3.8) is 0 Å². The number of carbonyl (C=O) groups excluding carboxylic acids is 1. The molecule has 2 heterocycles. The first-order chi connectivity index (χ1) is 10.6. The summed E-state index contributed by atoms with van der Waals surface area (Å²) >= 11 is 5.97. The molecule has 1 aliphatic heterocycles. The zero-order valence-electron chi connectivity index (χ0n) is 12.5. The van der Waals surface area contributed by atoms with Crippen molar-refractivity contribution in [2.45, 2.75) is 45.2 Å². The van der Waals surface area contributed by atoms with E-state index in [0.717, 1.165) is 19.4 Å². The molecule has 1 atom stereocenters. The van der Waals surface area contributed by atoms with Crippen LogP contribution in [0.4, 0.5) is 0 Å². The van der Waals surface area contributed by atoms with Gasteiger partial charge in [-0.1, -0.05) is 11.6 Å². The van der Waals surface area contributed by atoms with Crippen LogP contribution in [0.15, 0.2) is 27.4 Å². The van der Waals surface area contributed by atoms with Crippen LogP contribution in [0.1, 0.15) is 32.6 Å². The molecule has 0 radical (unpaired) electrons. The van der Waals surface area contributed by atoms with Gasteiger partial charge in [-0.15, -0.1) is 0 Å². The maximum absolute atomic E-state index is 12.4. The fourth-order valence-electron chi connectivity index (χ4n) is 3.07. The first-order valence-corrected chi connectivity index (χ1v) is 8.02. The zero-order chi connectivity index (χ0) is 15.7. The summed E-state index contributed by atoms with van der Waals surface area (Å²) in [5.41, 5.74) is 1.13. The van der Waals surface area contributed by atoms with Gasteiger partial charge in [0.15, 0.2) is 5.58 Å². The smallest absolute Gasteiger partial charge is 0.408 e. The summed E-state index contributed by atoms with van der Waals surface area (Å²) in [5.74, 6) is -0.354. The van der Waals surface area contributed by atoms with Gasteiger partial charge in [-0.2, -0.15) is 0 Å². The van der Waals surface area contributed by atoms with Gasteiger partial charge in [-0.25, -0.2) is 4.79 Å². The summed E-state index contributed by atoms with van der Waals surface area (Å²) in [6.07, 6.45) is 3.58. The average molecular weight is 323 g/mol. The molecule has 5 nitrogen and oxygen atoms in total. The largest absolute Gasteiger partial charge is 0.419 e. The van der Waals surface area contributed by atoms with Crippen molar-refractivity contribution < 1.29 is 9.21 Å². The molecule has 1 amide bonds. The quantitative estimate of drug-likeness (QED) is 0.872. The molecule has 3 rings (SSSR count). The van der Waals surface area contributed by atoms with Crippen LogP contribution in [0, 0.1) is 0 Å². The molecule has 1 unspecified atom stereocenters. The lowest BCUT2D eigenvalue weighted by atomic mass is 10.0. The molecular formula is C16H19ClN2O3. The van der Waals surface area contributed by atoms with Crippen LogP contribution in [-0.2, 0) is 11.3 Å². The normalized spacial score (nSPS) is 18.8. The second-order valence-corrected chi connectivity index (χ2v) is 6.25. The Morgan fingerprint density at radius 1 is 1.41 bits per heavy atom. The molecule has 22 heavy (non-hydrogen) atoms. The molecule has 6 heteroatoms. The average Bonchev–Trinajstić information content (AvgIpc) is 2.80. The van der Waals surface area contributed by atoms with Gasteiger partial charge in [-0.3, -0.25) is 9.36 Å². The Balaban J connectivity index is 1.76. The van der Waals surface area contributed by atoms with E-state index in [4.69, 9.17) is 16.0 Å². The Kier molecular flexibility index (Phi) is 4.25. The highest BCUT2D eigenvalue weighted by Gasteiger charge is 2.23. The highest BCUT2D eigenvalue weighted by atomic mass is 35.5. The minimum Gasteiger partial charge on any atom is -0.408 e. The Morgan fingerprint density at radius 2 is 2.23 bits per heavy atom. The van der Waals surface area contributed by atoms with E-state index < -0.39 is 5.76 Å². The number of rotatable bonds is 3. The Hall–Kier alpha value is -1.75. The zero-order valence-corrected chi connectivity index (χ0v) is 13.3. The molecule has 0 bridgehead atoms. The fourth-order valence-corrected chi connectivity index (χ4v) is 3.23. The number of amides is 1. The van der Waals surface area contributed by atoms with Crippen molar-refractivity contribution in [1.82, 2.24) is 9.47 Å². The van der Waals surface area contributed by atoms with Crippen LogP contribution < -0.4 is 5.76 Å². The Labute approximate surface area is 133 Å². The van der Waals surface area contributed by atoms with Gasteiger partial charge in [-0.05, 0) is 44.4 Å². The fraction of sp³-hybridized carbons (Fsp3) is 0.500. The van der Waals surface area contributed by atoms with Gasteiger partial charge >= 0.3 is 5.76 Å². The number of nitrogens with zero attached hydrogens (tertiary/aromatic N) is 2. The lowest BCUT2D eigenvalue weighted by molar-refractivity contribution is -0.134. The second kappa shape index (κ2) is 6.16. The van der Waals surface area contributed by atoms with Crippen molar-refractivity contribution in [2.24, 2.45) is 0 Å². The third kappa shape index (κ3) is 2.90. The standard InChI is InChI=1S/C16H19ClN2O3/c1-11-4-2-3-8-18(11)15(20)7-9-19-13-10-12(17)5-6-14(13)22-16(19)21/h5-6,10-11H,2-4,7-9H2,1H3. The van der Waals surface area contributed by atoms with E-state index in [1.165, 1.54) is 11.0 Å². The molecule has 1 aromatic heterocycles. The van der Waals surface area contributed by atoms with Crippen molar-refractivity contribution in [3.05, 3.63) is 33.8 Å². The molecule has 0 saturated carbocycles. The molecule has 0 spiro atoms. The number of piperidine rings is 1. The monoisotopic (exact) mass is 322 g/mol. The summed E-state index contributed by atoms with van der Waals surface area (Å²) in [6.45, 7) is 3.21. The first-order valence-electron chi connectivity index (χ1n) is 7.64. The van der Waals surface area contributed by atoms with Crippen molar-refractivity contribution in [2.75, 3.05) is 6.54 Å². The molecule has 0 N–H and O–H groups in total. The minimum atomic E-state index is -0.447. The van der Waals surface area contributed by atoms with Crippen LogP contribution in [0.3, 0.4) is 0 Å². The number of benzene rings is 1. The lowest BCUT2D eigenvalue weighted by Gasteiger charge is -2.33. The molecule has 1 saturated heterocycles. The number of aryl methyl sites for hydroxylation is 1. The third-order valence-electron chi connectivity index (χ3n) is 4.30. The van der Waals surface area contributed by atoms with E-state index in [-0.39, 0.29) is 11.9 Å². The molecule has 118 valence electrons. The minimum absolute atomic E-state index is 0.0930. The van der Waals surface area contributed by atoms with Crippen molar-refractivity contribution in [3.8, 4) is 0 Å². The number of carbonyl (C=O) groups is 1. The van der Waals surface area contributed by atoms with Gasteiger partial charge in [0.1, 0.15) is 0 Å². The maximum atomic E-state index is 12.4. The maximum Gasteiger partial charge on any atom is 0.419 e. The molecule has 1 fully saturated rings. The number of hydrogen-bond donors (Lipinski definition) is 0. The lowest BCUT2D eigenvalue weighted by Crippen LogP contribution is -2.42. The van der Waals surface area contributed by atoms with E-state index in [1.54, 1.807) is 18.2 Å². The summed E-state index contributed by atoms with van der Waals surface area (Å²) in [4.78, 5) is 26.2. The van der Waals surface area contributed by atoms with E-state index in [9.17, 15) is 9.59 Å².